The number of aliphatic imine (C=N–C) groups is 1. The molecule has 2 N–H and O–H groups in total. The molecule has 0 radical (unpaired) electrons. The summed E-state index contributed by atoms with van der Waals surface area (Å²) in [5, 5.41) is 6.37. The van der Waals surface area contributed by atoms with Crippen molar-refractivity contribution in [3.8, 4) is 17.2 Å². The molecule has 0 fully saturated rings. The molecule has 152 valence electrons. The molecule has 1 aliphatic heterocycles. The van der Waals surface area contributed by atoms with E-state index >= 15 is 0 Å². The van der Waals surface area contributed by atoms with Crippen molar-refractivity contribution in [3.63, 3.8) is 0 Å². The summed E-state index contributed by atoms with van der Waals surface area (Å²) in [6.45, 7) is 3.61. The third-order valence-electron chi connectivity index (χ3n) is 3.96. The number of nitrogens with one attached hydrogen (secondary N) is 2. The van der Waals surface area contributed by atoms with Gasteiger partial charge in [-0.15, -0.1) is 24.0 Å². The molecule has 1 heterocycles. The minimum atomic E-state index is -0.376. The van der Waals surface area contributed by atoms with Gasteiger partial charge < -0.3 is 24.8 Å². The zero-order valence-electron chi connectivity index (χ0n) is 15.9. The van der Waals surface area contributed by atoms with Gasteiger partial charge in [0.05, 0.1) is 19.8 Å². The van der Waals surface area contributed by atoms with E-state index < -0.39 is 0 Å². The van der Waals surface area contributed by atoms with E-state index in [4.69, 9.17) is 14.2 Å². The Labute approximate surface area is 181 Å². The maximum atomic E-state index is 13.7. The van der Waals surface area contributed by atoms with E-state index in [2.05, 4.69) is 15.6 Å². The molecule has 1 aliphatic rings. The van der Waals surface area contributed by atoms with Crippen LogP contribution in [0.3, 0.4) is 0 Å². The van der Waals surface area contributed by atoms with E-state index in [1.807, 2.05) is 25.1 Å². The predicted octanol–water partition coefficient (Wildman–Crippen LogP) is 4.06. The summed E-state index contributed by atoms with van der Waals surface area (Å²) in [7, 11) is 1.68. The van der Waals surface area contributed by atoms with Crippen LogP contribution in [0, 0.1) is 5.82 Å². The fourth-order valence-corrected chi connectivity index (χ4v) is 2.60. The van der Waals surface area contributed by atoms with Crippen LogP contribution in [-0.4, -0.2) is 38.9 Å². The quantitative estimate of drug-likeness (QED) is 0.368. The summed E-state index contributed by atoms with van der Waals surface area (Å²) in [4.78, 5) is 4.20. The molecular formula is C20H25FIN3O3. The highest BCUT2D eigenvalue weighted by atomic mass is 127. The summed E-state index contributed by atoms with van der Waals surface area (Å²) in [6.07, 6.45) is 0.616. The minimum absolute atomic E-state index is 0. The maximum absolute atomic E-state index is 13.7. The topological polar surface area (TPSA) is 64.1 Å². The van der Waals surface area contributed by atoms with Gasteiger partial charge >= 0.3 is 0 Å². The first-order chi connectivity index (χ1) is 13.2. The highest BCUT2D eigenvalue weighted by Gasteiger charge is 2.12. The normalized spacial score (nSPS) is 14.3. The molecule has 2 aromatic carbocycles. The van der Waals surface area contributed by atoms with Crippen molar-refractivity contribution >= 4 is 35.6 Å². The van der Waals surface area contributed by atoms with E-state index in [1.54, 1.807) is 25.2 Å². The smallest absolute Gasteiger partial charge is 0.195 e. The number of para-hydroxylation sites is 1. The van der Waals surface area contributed by atoms with Crippen molar-refractivity contribution in [2.24, 2.45) is 4.99 Å². The number of ether oxygens (including phenoxy) is 3. The van der Waals surface area contributed by atoms with Gasteiger partial charge in [0.1, 0.15) is 6.10 Å². The van der Waals surface area contributed by atoms with E-state index in [1.165, 1.54) is 6.07 Å². The monoisotopic (exact) mass is 501 g/mol. The minimum Gasteiger partial charge on any atom is -0.490 e. The van der Waals surface area contributed by atoms with Crippen LogP contribution >= 0.6 is 24.0 Å². The van der Waals surface area contributed by atoms with E-state index in [0.717, 1.165) is 17.9 Å². The molecule has 3 rings (SSSR count). The predicted molar refractivity (Wildman–Crippen MR) is 119 cm³/mol. The summed E-state index contributed by atoms with van der Waals surface area (Å²) in [6, 6.07) is 12.0. The van der Waals surface area contributed by atoms with Gasteiger partial charge in [-0.3, -0.25) is 4.99 Å². The van der Waals surface area contributed by atoms with Gasteiger partial charge in [0.2, 0.25) is 0 Å². The Morgan fingerprint density at radius 3 is 2.68 bits per heavy atom. The average molecular weight is 501 g/mol. The van der Waals surface area contributed by atoms with Crippen molar-refractivity contribution in [1.82, 2.24) is 5.32 Å². The lowest BCUT2D eigenvalue weighted by Gasteiger charge is -2.18. The molecule has 0 aromatic heterocycles. The average Bonchev–Trinajstić information content (AvgIpc) is 2.92. The first kappa shape index (κ1) is 22.1. The Bertz CT molecular complexity index is 804. The number of anilines is 1. The maximum Gasteiger partial charge on any atom is 0.195 e. The van der Waals surface area contributed by atoms with Crippen molar-refractivity contribution in [3.05, 3.63) is 48.3 Å². The summed E-state index contributed by atoms with van der Waals surface area (Å²) >= 11 is 0. The third kappa shape index (κ3) is 6.15. The van der Waals surface area contributed by atoms with Crippen LogP contribution in [-0.2, 0) is 0 Å². The van der Waals surface area contributed by atoms with Gasteiger partial charge in [0.15, 0.2) is 29.0 Å². The number of halogens is 2. The number of nitrogens with zero attached hydrogens (tertiary/aromatic N) is 1. The Morgan fingerprint density at radius 2 is 1.93 bits per heavy atom. The van der Waals surface area contributed by atoms with Gasteiger partial charge in [0, 0.05) is 25.2 Å². The third-order valence-corrected chi connectivity index (χ3v) is 3.96. The molecule has 1 atom stereocenters. The molecule has 1 unspecified atom stereocenters. The number of benzene rings is 2. The molecule has 0 aliphatic carbocycles. The van der Waals surface area contributed by atoms with E-state index in [-0.39, 0.29) is 41.6 Å². The second-order valence-electron chi connectivity index (χ2n) is 6.15. The molecule has 2 aromatic rings. The molecular weight excluding hydrogens is 476 g/mol. The molecule has 0 spiro atoms. The fraction of sp³-hybridized carbons (Fsp3) is 0.350. The van der Waals surface area contributed by atoms with Crippen LogP contribution in [0.15, 0.2) is 47.5 Å². The van der Waals surface area contributed by atoms with E-state index in [9.17, 15) is 4.39 Å². The van der Waals surface area contributed by atoms with Crippen LogP contribution < -0.4 is 24.8 Å². The lowest BCUT2D eigenvalue weighted by molar-refractivity contribution is 0.214. The van der Waals surface area contributed by atoms with Crippen molar-refractivity contribution in [2.45, 2.75) is 19.4 Å². The number of fused-ring (bicyclic) bond motifs is 1. The number of hydrogen-bond donors (Lipinski definition) is 2. The van der Waals surface area contributed by atoms with Gasteiger partial charge in [-0.05, 0) is 31.2 Å². The number of hydrogen-bond acceptors (Lipinski definition) is 4. The number of rotatable bonds is 5. The second-order valence-corrected chi connectivity index (χ2v) is 6.15. The molecule has 0 saturated carbocycles. The van der Waals surface area contributed by atoms with Gasteiger partial charge in [-0.2, -0.15) is 0 Å². The van der Waals surface area contributed by atoms with Crippen LogP contribution in [0.25, 0.3) is 0 Å². The molecule has 0 amide bonds. The highest BCUT2D eigenvalue weighted by Crippen LogP contribution is 2.32. The van der Waals surface area contributed by atoms with Gasteiger partial charge in [0.25, 0.3) is 0 Å². The van der Waals surface area contributed by atoms with Crippen molar-refractivity contribution in [2.75, 3.05) is 32.1 Å². The lowest BCUT2D eigenvalue weighted by atomic mass is 10.2. The second kappa shape index (κ2) is 10.9. The lowest BCUT2D eigenvalue weighted by Crippen LogP contribution is -2.37. The molecule has 6 nitrogen and oxygen atoms in total. The van der Waals surface area contributed by atoms with Crippen LogP contribution in [0.4, 0.5) is 10.1 Å². The summed E-state index contributed by atoms with van der Waals surface area (Å²) in [5.41, 5.74) is 0.829. The van der Waals surface area contributed by atoms with Gasteiger partial charge in [-0.1, -0.05) is 12.1 Å². The summed E-state index contributed by atoms with van der Waals surface area (Å²) < 4.78 is 30.6. The Hall–Kier alpha value is -2.23. The first-order valence-electron chi connectivity index (χ1n) is 8.94. The summed E-state index contributed by atoms with van der Waals surface area (Å²) in [5.74, 6) is 1.89. The Morgan fingerprint density at radius 1 is 1.18 bits per heavy atom. The largest absolute Gasteiger partial charge is 0.490 e. The number of guanidine groups is 1. The van der Waals surface area contributed by atoms with E-state index in [0.29, 0.717) is 31.5 Å². The van der Waals surface area contributed by atoms with Crippen LogP contribution in [0.5, 0.6) is 17.2 Å². The Balaban J connectivity index is 0.00000280. The molecule has 0 bridgehead atoms. The highest BCUT2D eigenvalue weighted by molar-refractivity contribution is 14.0. The first-order valence-corrected chi connectivity index (χ1v) is 8.94. The standard InChI is InChI=1S/C20H24FN3O3.HI/c1-14(27-17-7-4-3-6-16(17)21)13-23-20(22-2)24-15-8-9-18-19(12-15)26-11-5-10-25-18;/h3-4,6-9,12,14H,5,10-11,13H2,1-2H3,(H2,22,23,24);1H. The Kier molecular flexibility index (Phi) is 8.62. The SMILES string of the molecule is CN=C(NCC(C)Oc1ccccc1F)Nc1ccc2c(c1)OCCCO2.I. The molecule has 0 saturated heterocycles. The zero-order valence-corrected chi connectivity index (χ0v) is 18.2. The molecule has 8 heteroatoms. The zero-order chi connectivity index (χ0) is 19.1. The van der Waals surface area contributed by atoms with Gasteiger partial charge in [-0.25, -0.2) is 4.39 Å². The van der Waals surface area contributed by atoms with Crippen molar-refractivity contribution < 1.29 is 18.6 Å². The molecule has 28 heavy (non-hydrogen) atoms. The van der Waals surface area contributed by atoms with Crippen LogP contribution in [0.1, 0.15) is 13.3 Å². The van der Waals surface area contributed by atoms with Crippen LogP contribution in [0.2, 0.25) is 0 Å². The fourth-order valence-electron chi connectivity index (χ4n) is 2.60. The van der Waals surface area contributed by atoms with Crippen molar-refractivity contribution in [1.29, 1.82) is 0 Å².